The van der Waals surface area contributed by atoms with Crippen molar-refractivity contribution in [3.8, 4) is 11.5 Å². The lowest BCUT2D eigenvalue weighted by atomic mass is 10.2. The average molecular weight is 316 g/mol. The van der Waals surface area contributed by atoms with Crippen molar-refractivity contribution < 1.29 is 19.2 Å². The number of rotatable bonds is 6. The van der Waals surface area contributed by atoms with Gasteiger partial charge in [0.15, 0.2) is 6.61 Å². The molecule has 0 heterocycles. The number of ether oxygens (including phenoxy) is 2. The van der Waals surface area contributed by atoms with Gasteiger partial charge in [0.05, 0.1) is 12.0 Å². The van der Waals surface area contributed by atoms with E-state index in [1.165, 1.54) is 18.2 Å². The van der Waals surface area contributed by atoms with E-state index in [0.717, 1.165) is 0 Å². The van der Waals surface area contributed by atoms with Crippen LogP contribution in [0.1, 0.15) is 5.56 Å². The first-order valence-electron chi connectivity index (χ1n) is 6.81. The lowest BCUT2D eigenvalue weighted by Crippen LogP contribution is -2.20. The summed E-state index contributed by atoms with van der Waals surface area (Å²) in [5.41, 5.74) is 1.20. The lowest BCUT2D eigenvalue weighted by Gasteiger charge is -2.10. The van der Waals surface area contributed by atoms with Gasteiger partial charge in [0.2, 0.25) is 0 Å². The molecular weight excluding hydrogens is 300 g/mol. The second kappa shape index (κ2) is 7.26. The standard InChI is InChI=1S/C16H16N2O5/c1-11-9-13(18(20)21)5-8-15(11)23-10-16(19)17-12-3-6-14(22-2)7-4-12/h3-9H,10H2,1-2H3,(H,17,19). The van der Waals surface area contributed by atoms with Crippen molar-refractivity contribution in [2.75, 3.05) is 19.0 Å². The molecule has 0 radical (unpaired) electrons. The highest BCUT2D eigenvalue weighted by atomic mass is 16.6. The van der Waals surface area contributed by atoms with Crippen LogP contribution < -0.4 is 14.8 Å². The van der Waals surface area contributed by atoms with Gasteiger partial charge < -0.3 is 14.8 Å². The van der Waals surface area contributed by atoms with E-state index < -0.39 is 4.92 Å². The Morgan fingerprint density at radius 1 is 1.22 bits per heavy atom. The highest BCUT2D eigenvalue weighted by Crippen LogP contribution is 2.23. The third kappa shape index (κ3) is 4.44. The number of carbonyl (C=O) groups excluding carboxylic acids is 1. The average Bonchev–Trinajstić information content (AvgIpc) is 2.54. The highest BCUT2D eigenvalue weighted by Gasteiger charge is 2.10. The zero-order chi connectivity index (χ0) is 16.8. The number of hydrogen-bond acceptors (Lipinski definition) is 5. The van der Waals surface area contributed by atoms with Gasteiger partial charge in [-0.05, 0) is 42.8 Å². The Balaban J connectivity index is 1.92. The van der Waals surface area contributed by atoms with E-state index in [-0.39, 0.29) is 18.2 Å². The van der Waals surface area contributed by atoms with Crippen LogP contribution in [-0.4, -0.2) is 24.5 Å². The fourth-order valence-electron chi connectivity index (χ4n) is 1.92. The van der Waals surface area contributed by atoms with E-state index in [4.69, 9.17) is 9.47 Å². The van der Waals surface area contributed by atoms with Crippen molar-refractivity contribution >= 4 is 17.3 Å². The Labute approximate surface area is 133 Å². The third-order valence-electron chi connectivity index (χ3n) is 3.10. The van der Waals surface area contributed by atoms with Crippen molar-refractivity contribution in [3.63, 3.8) is 0 Å². The quantitative estimate of drug-likeness (QED) is 0.653. The van der Waals surface area contributed by atoms with E-state index in [1.807, 2.05) is 0 Å². The van der Waals surface area contributed by atoms with Crippen molar-refractivity contribution in [3.05, 3.63) is 58.1 Å². The molecular formula is C16H16N2O5. The van der Waals surface area contributed by atoms with E-state index in [0.29, 0.717) is 22.7 Å². The van der Waals surface area contributed by atoms with Crippen LogP contribution in [-0.2, 0) is 4.79 Å². The largest absolute Gasteiger partial charge is 0.497 e. The maximum absolute atomic E-state index is 11.9. The maximum atomic E-state index is 11.9. The molecule has 1 amide bonds. The number of amides is 1. The summed E-state index contributed by atoms with van der Waals surface area (Å²) in [6.45, 7) is 1.49. The molecule has 2 rings (SSSR count). The summed E-state index contributed by atoms with van der Waals surface area (Å²) < 4.78 is 10.4. The number of anilines is 1. The number of nitro benzene ring substituents is 1. The minimum absolute atomic E-state index is 0.0162. The predicted molar refractivity (Wildman–Crippen MR) is 85.0 cm³/mol. The first kappa shape index (κ1) is 16.3. The van der Waals surface area contributed by atoms with Gasteiger partial charge in [-0.3, -0.25) is 14.9 Å². The number of carbonyl (C=O) groups is 1. The van der Waals surface area contributed by atoms with E-state index in [1.54, 1.807) is 38.3 Å². The van der Waals surface area contributed by atoms with Crippen molar-refractivity contribution in [1.29, 1.82) is 0 Å². The number of nitro groups is 1. The molecule has 0 aliphatic heterocycles. The van der Waals surface area contributed by atoms with Gasteiger partial charge in [0.1, 0.15) is 11.5 Å². The summed E-state index contributed by atoms with van der Waals surface area (Å²) in [6.07, 6.45) is 0. The molecule has 0 aliphatic carbocycles. The second-order valence-electron chi connectivity index (χ2n) is 4.77. The zero-order valence-electron chi connectivity index (χ0n) is 12.7. The van der Waals surface area contributed by atoms with Crippen LogP contribution in [0.2, 0.25) is 0 Å². The summed E-state index contributed by atoms with van der Waals surface area (Å²) in [7, 11) is 1.56. The van der Waals surface area contributed by atoms with Crippen molar-refractivity contribution in [2.45, 2.75) is 6.92 Å². The van der Waals surface area contributed by atoms with Crippen LogP contribution >= 0.6 is 0 Å². The van der Waals surface area contributed by atoms with Crippen molar-refractivity contribution in [1.82, 2.24) is 0 Å². The maximum Gasteiger partial charge on any atom is 0.269 e. The smallest absolute Gasteiger partial charge is 0.269 e. The lowest BCUT2D eigenvalue weighted by molar-refractivity contribution is -0.384. The van der Waals surface area contributed by atoms with E-state index >= 15 is 0 Å². The van der Waals surface area contributed by atoms with Gasteiger partial charge >= 0.3 is 0 Å². The first-order valence-corrected chi connectivity index (χ1v) is 6.81. The fourth-order valence-corrected chi connectivity index (χ4v) is 1.92. The second-order valence-corrected chi connectivity index (χ2v) is 4.77. The van der Waals surface area contributed by atoms with Crippen molar-refractivity contribution in [2.24, 2.45) is 0 Å². The number of methoxy groups -OCH3 is 1. The van der Waals surface area contributed by atoms with Gasteiger partial charge in [-0.1, -0.05) is 0 Å². The minimum Gasteiger partial charge on any atom is -0.497 e. The molecule has 0 aliphatic rings. The molecule has 7 heteroatoms. The molecule has 1 N–H and O–H groups in total. The van der Waals surface area contributed by atoms with Crippen LogP contribution in [0.5, 0.6) is 11.5 Å². The summed E-state index contributed by atoms with van der Waals surface area (Å²) in [5, 5.41) is 13.4. The Morgan fingerprint density at radius 2 is 1.91 bits per heavy atom. The molecule has 0 atom stereocenters. The fraction of sp³-hybridized carbons (Fsp3) is 0.188. The SMILES string of the molecule is COc1ccc(NC(=O)COc2ccc([N+](=O)[O-])cc2C)cc1. The molecule has 0 saturated carbocycles. The molecule has 0 unspecified atom stereocenters. The van der Waals surface area contributed by atoms with E-state index in [2.05, 4.69) is 5.32 Å². The number of nitrogens with zero attached hydrogens (tertiary/aromatic N) is 1. The number of aryl methyl sites for hydroxylation is 1. The Bertz CT molecular complexity index is 713. The summed E-state index contributed by atoms with van der Waals surface area (Å²) in [6, 6.07) is 11.1. The molecule has 0 spiro atoms. The summed E-state index contributed by atoms with van der Waals surface area (Å²) >= 11 is 0. The third-order valence-corrected chi connectivity index (χ3v) is 3.10. The predicted octanol–water partition coefficient (Wildman–Crippen LogP) is 2.93. The van der Waals surface area contributed by atoms with Crippen LogP contribution in [0.25, 0.3) is 0 Å². The molecule has 0 saturated heterocycles. The number of nitrogens with one attached hydrogen (secondary N) is 1. The molecule has 2 aromatic rings. The first-order chi connectivity index (χ1) is 11.0. The molecule has 23 heavy (non-hydrogen) atoms. The highest BCUT2D eigenvalue weighted by molar-refractivity contribution is 5.91. The van der Waals surface area contributed by atoms with Gasteiger partial charge in [0, 0.05) is 17.8 Å². The monoisotopic (exact) mass is 316 g/mol. The van der Waals surface area contributed by atoms with Gasteiger partial charge in [-0.25, -0.2) is 0 Å². The van der Waals surface area contributed by atoms with Crippen LogP contribution in [0.3, 0.4) is 0 Å². The van der Waals surface area contributed by atoms with Crippen LogP contribution in [0, 0.1) is 17.0 Å². The number of hydrogen-bond donors (Lipinski definition) is 1. The van der Waals surface area contributed by atoms with E-state index in [9.17, 15) is 14.9 Å². The van der Waals surface area contributed by atoms with Crippen LogP contribution in [0.15, 0.2) is 42.5 Å². The Hall–Kier alpha value is -3.09. The molecule has 7 nitrogen and oxygen atoms in total. The minimum atomic E-state index is -0.479. The Kier molecular flexibility index (Phi) is 5.14. The van der Waals surface area contributed by atoms with Gasteiger partial charge in [0.25, 0.3) is 11.6 Å². The molecule has 0 fully saturated rings. The topological polar surface area (TPSA) is 90.7 Å². The molecule has 0 bridgehead atoms. The number of non-ortho nitro benzene ring substituents is 1. The zero-order valence-corrected chi connectivity index (χ0v) is 12.7. The van der Waals surface area contributed by atoms with Gasteiger partial charge in [-0.2, -0.15) is 0 Å². The molecule has 2 aromatic carbocycles. The molecule has 0 aromatic heterocycles. The van der Waals surface area contributed by atoms with Gasteiger partial charge in [-0.15, -0.1) is 0 Å². The Morgan fingerprint density at radius 3 is 2.48 bits per heavy atom. The van der Waals surface area contributed by atoms with Crippen LogP contribution in [0.4, 0.5) is 11.4 Å². The molecule has 120 valence electrons. The normalized spacial score (nSPS) is 10.0. The summed E-state index contributed by atoms with van der Waals surface area (Å²) in [5.74, 6) is 0.800. The number of benzene rings is 2. The summed E-state index contributed by atoms with van der Waals surface area (Å²) in [4.78, 5) is 22.0.